The molecule has 0 saturated carbocycles. The first kappa shape index (κ1) is 10.6. The summed E-state index contributed by atoms with van der Waals surface area (Å²) in [5.41, 5.74) is 0. The molecule has 0 aromatic rings. The molecule has 0 fully saturated rings. The fraction of sp³-hybridized carbons (Fsp3) is 0.750. The number of allylic oxidation sites excluding steroid dienone is 1. The van der Waals surface area contributed by atoms with E-state index in [1.165, 1.54) is 0 Å². The first-order chi connectivity index (χ1) is 5.35. The second-order valence-electron chi connectivity index (χ2n) is 2.18. The fourth-order valence-corrected chi connectivity index (χ4v) is 1.23. The van der Waals surface area contributed by atoms with Crippen LogP contribution < -0.4 is 0 Å². The molecule has 0 atom stereocenters. The van der Waals surface area contributed by atoms with Crippen LogP contribution in [0.5, 0.6) is 0 Å². The van der Waals surface area contributed by atoms with E-state index in [-0.39, 0.29) is 9.52 Å². The number of hydrogen-bond donors (Lipinski definition) is 0. The maximum absolute atomic E-state index is 5.25. The molecule has 3 heteroatoms. The summed E-state index contributed by atoms with van der Waals surface area (Å²) in [6.45, 7) is 7.59. The summed E-state index contributed by atoms with van der Waals surface area (Å²) in [7, 11) is 0.101. The molecule has 0 spiro atoms. The van der Waals surface area contributed by atoms with Crippen LogP contribution in [0.25, 0.3) is 0 Å². The van der Waals surface area contributed by atoms with E-state index in [9.17, 15) is 0 Å². The largest absolute Gasteiger partial charge is 0.466 e. The van der Waals surface area contributed by atoms with Crippen LogP contribution >= 0.6 is 0 Å². The quantitative estimate of drug-likeness (QED) is 0.449. The van der Waals surface area contributed by atoms with Gasteiger partial charge in [-0.1, -0.05) is 6.55 Å². The number of ether oxygens (including phenoxy) is 2. The summed E-state index contributed by atoms with van der Waals surface area (Å²) < 4.78 is 10.5. The van der Waals surface area contributed by atoms with Crippen molar-refractivity contribution in [3.05, 3.63) is 12.0 Å². The van der Waals surface area contributed by atoms with Crippen molar-refractivity contribution in [2.75, 3.05) is 13.2 Å². The van der Waals surface area contributed by atoms with Crippen LogP contribution in [0.1, 0.15) is 13.8 Å². The van der Waals surface area contributed by atoms with Gasteiger partial charge in [0, 0.05) is 9.52 Å². The van der Waals surface area contributed by atoms with Crippen molar-refractivity contribution in [3.8, 4) is 0 Å². The first-order valence-corrected chi connectivity index (χ1v) is 6.72. The molecule has 0 aliphatic heterocycles. The minimum absolute atomic E-state index is 0.101. The zero-order valence-electron chi connectivity index (χ0n) is 7.72. The maximum atomic E-state index is 5.25. The molecule has 0 rings (SSSR count). The Morgan fingerprint density at radius 3 is 2.18 bits per heavy atom. The van der Waals surface area contributed by atoms with Gasteiger partial charge in [-0.2, -0.15) is 0 Å². The second kappa shape index (κ2) is 7.66. The van der Waals surface area contributed by atoms with Crippen molar-refractivity contribution in [1.29, 1.82) is 0 Å². The van der Waals surface area contributed by atoms with Gasteiger partial charge in [-0.05, 0) is 26.0 Å². The van der Waals surface area contributed by atoms with Crippen LogP contribution in [0, 0.1) is 0 Å². The molecular formula is C8H18O2Si. The molecule has 0 aliphatic rings. The van der Waals surface area contributed by atoms with Crippen molar-refractivity contribution < 1.29 is 9.47 Å². The standard InChI is InChI=1S/C8H18O2Si/c1-4-9-8(10-5-2)6-7-11-3/h6H,4-5,7,11H2,1-3H3. The summed E-state index contributed by atoms with van der Waals surface area (Å²) in [5.74, 6) is 0.712. The van der Waals surface area contributed by atoms with Crippen molar-refractivity contribution >= 4 is 9.52 Å². The van der Waals surface area contributed by atoms with Gasteiger partial charge in [-0.15, -0.1) is 0 Å². The fourth-order valence-electron chi connectivity index (χ4n) is 0.706. The molecule has 0 amide bonds. The van der Waals surface area contributed by atoms with Gasteiger partial charge >= 0.3 is 0 Å². The van der Waals surface area contributed by atoms with Crippen LogP contribution in [0.3, 0.4) is 0 Å². The Morgan fingerprint density at radius 1 is 1.27 bits per heavy atom. The molecule has 0 aromatic carbocycles. The van der Waals surface area contributed by atoms with Gasteiger partial charge in [0.25, 0.3) is 5.95 Å². The Morgan fingerprint density at radius 2 is 1.82 bits per heavy atom. The Hall–Kier alpha value is -0.443. The summed E-state index contributed by atoms with van der Waals surface area (Å²) in [4.78, 5) is 0. The van der Waals surface area contributed by atoms with Crippen molar-refractivity contribution in [2.24, 2.45) is 0 Å². The summed E-state index contributed by atoms with van der Waals surface area (Å²) in [5, 5.41) is 0. The molecule has 0 aliphatic carbocycles. The Kier molecular flexibility index (Phi) is 7.35. The van der Waals surface area contributed by atoms with Crippen LogP contribution in [0.2, 0.25) is 12.6 Å². The van der Waals surface area contributed by atoms with Gasteiger partial charge in [0.15, 0.2) is 0 Å². The highest BCUT2D eigenvalue weighted by atomic mass is 28.2. The lowest BCUT2D eigenvalue weighted by Crippen LogP contribution is -1.97. The predicted molar refractivity (Wildman–Crippen MR) is 50.6 cm³/mol. The lowest BCUT2D eigenvalue weighted by Gasteiger charge is -2.07. The summed E-state index contributed by atoms with van der Waals surface area (Å²) >= 11 is 0. The highest BCUT2D eigenvalue weighted by molar-refractivity contribution is 6.34. The molecule has 2 nitrogen and oxygen atoms in total. The lowest BCUT2D eigenvalue weighted by molar-refractivity contribution is 0.0461. The normalized spacial score (nSPS) is 10.1. The molecule has 0 aromatic heterocycles. The summed E-state index contributed by atoms with van der Waals surface area (Å²) in [6, 6.07) is 1.16. The van der Waals surface area contributed by atoms with Gasteiger partial charge in [0.1, 0.15) is 0 Å². The number of rotatable bonds is 6. The van der Waals surface area contributed by atoms with Crippen molar-refractivity contribution in [1.82, 2.24) is 0 Å². The van der Waals surface area contributed by atoms with E-state index in [1.54, 1.807) is 0 Å². The van der Waals surface area contributed by atoms with E-state index >= 15 is 0 Å². The third kappa shape index (κ3) is 5.98. The van der Waals surface area contributed by atoms with Gasteiger partial charge < -0.3 is 9.47 Å². The highest BCUT2D eigenvalue weighted by Crippen LogP contribution is 2.01. The summed E-state index contributed by atoms with van der Waals surface area (Å²) in [6.07, 6.45) is 2.05. The zero-order chi connectivity index (χ0) is 8.53. The zero-order valence-corrected chi connectivity index (χ0v) is 9.14. The third-order valence-corrected chi connectivity index (χ3v) is 2.04. The Balaban J connectivity index is 3.66. The SMILES string of the molecule is CCOC(=CC[SiH2]C)OCC. The minimum atomic E-state index is 0.101. The van der Waals surface area contributed by atoms with E-state index in [0.717, 1.165) is 6.04 Å². The molecule has 0 radical (unpaired) electrons. The lowest BCUT2D eigenvalue weighted by atomic mass is 10.6. The van der Waals surface area contributed by atoms with E-state index in [2.05, 4.69) is 12.6 Å². The molecule has 66 valence electrons. The topological polar surface area (TPSA) is 18.5 Å². The first-order valence-electron chi connectivity index (χ1n) is 4.30. The maximum Gasteiger partial charge on any atom is 0.274 e. The van der Waals surface area contributed by atoms with Crippen LogP contribution in [-0.4, -0.2) is 22.7 Å². The molecule has 0 N–H and O–H groups in total. The van der Waals surface area contributed by atoms with E-state index in [1.807, 2.05) is 13.8 Å². The number of hydrogen-bond acceptors (Lipinski definition) is 2. The van der Waals surface area contributed by atoms with Gasteiger partial charge in [0.2, 0.25) is 0 Å². The molecule has 0 unspecified atom stereocenters. The van der Waals surface area contributed by atoms with Gasteiger partial charge in [0.05, 0.1) is 13.2 Å². The monoisotopic (exact) mass is 174 g/mol. The van der Waals surface area contributed by atoms with Crippen molar-refractivity contribution in [2.45, 2.75) is 26.4 Å². The third-order valence-electron chi connectivity index (χ3n) is 1.17. The van der Waals surface area contributed by atoms with Crippen LogP contribution in [0.4, 0.5) is 0 Å². The van der Waals surface area contributed by atoms with Crippen molar-refractivity contribution in [3.63, 3.8) is 0 Å². The minimum Gasteiger partial charge on any atom is -0.466 e. The second-order valence-corrected chi connectivity index (χ2v) is 3.76. The molecular weight excluding hydrogens is 156 g/mol. The smallest absolute Gasteiger partial charge is 0.274 e. The van der Waals surface area contributed by atoms with Crippen LogP contribution in [0.15, 0.2) is 12.0 Å². The molecule has 0 bridgehead atoms. The Bertz CT molecular complexity index is 105. The molecule has 11 heavy (non-hydrogen) atoms. The predicted octanol–water partition coefficient (Wildman–Crippen LogP) is 1.54. The van der Waals surface area contributed by atoms with E-state index in [0.29, 0.717) is 19.2 Å². The molecule has 0 saturated heterocycles. The highest BCUT2D eigenvalue weighted by Gasteiger charge is 1.94. The Labute approximate surface area is 71.4 Å². The van der Waals surface area contributed by atoms with E-state index < -0.39 is 0 Å². The van der Waals surface area contributed by atoms with Gasteiger partial charge in [-0.25, -0.2) is 0 Å². The average molecular weight is 174 g/mol. The van der Waals surface area contributed by atoms with Crippen LogP contribution in [-0.2, 0) is 9.47 Å². The average Bonchev–Trinajstić information content (AvgIpc) is 2.01. The van der Waals surface area contributed by atoms with Gasteiger partial charge in [-0.3, -0.25) is 0 Å². The van der Waals surface area contributed by atoms with E-state index in [4.69, 9.17) is 9.47 Å². The molecule has 0 heterocycles.